The lowest BCUT2D eigenvalue weighted by molar-refractivity contribution is -0.461. The Morgan fingerprint density at radius 2 is 2.11 bits per heavy atom. The first-order valence-corrected chi connectivity index (χ1v) is 3.52. The first-order chi connectivity index (χ1) is 4.18. The quantitative estimate of drug-likeness (QED) is 0.334. The van der Waals surface area contributed by atoms with Crippen molar-refractivity contribution in [1.29, 1.82) is 0 Å². The lowest BCUT2D eigenvalue weighted by atomic mass is 10.5. The average Bonchev–Trinajstić information content (AvgIpc) is 1.82. The van der Waals surface area contributed by atoms with E-state index in [4.69, 9.17) is 23.2 Å². The molecule has 0 heterocycles. The first-order valence-electron chi connectivity index (χ1n) is 2.60. The zero-order valence-electron chi connectivity index (χ0n) is 5.56. The van der Waals surface area contributed by atoms with Crippen molar-refractivity contribution in [2.45, 2.75) is 0 Å². The van der Waals surface area contributed by atoms with Crippen molar-refractivity contribution >= 4 is 28.4 Å². The summed E-state index contributed by atoms with van der Waals surface area (Å²) in [6.07, 6.45) is 3.57. The third kappa shape index (κ3) is 4.49. The van der Waals surface area contributed by atoms with Gasteiger partial charge in [0.15, 0.2) is 0 Å². The van der Waals surface area contributed by atoms with Crippen LogP contribution in [0.2, 0.25) is 0 Å². The summed E-state index contributed by atoms with van der Waals surface area (Å²) in [5.74, 6) is 0.504. The third-order valence-corrected chi connectivity index (χ3v) is 1.41. The molecule has 0 saturated heterocycles. The summed E-state index contributed by atoms with van der Waals surface area (Å²) < 4.78 is 1.81. The van der Waals surface area contributed by atoms with Gasteiger partial charge in [-0.1, -0.05) is 6.08 Å². The molecule has 0 aliphatic rings. The number of nitrogens with zero attached hydrogens (tertiary/aromatic N) is 1. The highest BCUT2D eigenvalue weighted by Gasteiger charge is 1.93. The van der Waals surface area contributed by atoms with Crippen molar-refractivity contribution in [3.8, 4) is 0 Å². The molecule has 0 unspecified atom stereocenters. The van der Waals surface area contributed by atoms with Gasteiger partial charge in [-0.3, -0.25) is 0 Å². The molecule has 0 aromatic heterocycles. The van der Waals surface area contributed by atoms with Gasteiger partial charge in [0.2, 0.25) is 0 Å². The molecule has 3 heteroatoms. The van der Waals surface area contributed by atoms with Crippen molar-refractivity contribution < 1.29 is 4.58 Å². The van der Waals surface area contributed by atoms with Crippen LogP contribution in [0.15, 0.2) is 12.2 Å². The normalized spacial score (nSPS) is 10.2. The largest absolute Gasteiger partial charge is 0.268 e. The van der Waals surface area contributed by atoms with Gasteiger partial charge >= 0.3 is 0 Å². The van der Waals surface area contributed by atoms with Gasteiger partial charge in [0.25, 0.3) is 5.17 Å². The van der Waals surface area contributed by atoms with Gasteiger partial charge in [-0.25, -0.2) is 4.58 Å². The van der Waals surface area contributed by atoms with Gasteiger partial charge in [-0.05, 0) is 11.6 Å². The first kappa shape index (κ1) is 8.99. The van der Waals surface area contributed by atoms with E-state index in [0.29, 0.717) is 11.1 Å². The maximum absolute atomic E-state index is 5.69. The van der Waals surface area contributed by atoms with Crippen molar-refractivity contribution in [2.24, 2.45) is 0 Å². The summed E-state index contributed by atoms with van der Waals surface area (Å²) in [6.45, 7) is 0. The molecular formula is C6H10Cl2N+. The average molecular weight is 167 g/mol. The molecule has 0 fully saturated rings. The van der Waals surface area contributed by atoms with E-state index in [1.165, 1.54) is 0 Å². The van der Waals surface area contributed by atoms with Gasteiger partial charge in [-0.2, -0.15) is 0 Å². The summed E-state index contributed by atoms with van der Waals surface area (Å²) >= 11 is 11.1. The molecule has 0 saturated carbocycles. The second-order valence-corrected chi connectivity index (χ2v) is 2.47. The van der Waals surface area contributed by atoms with Gasteiger partial charge in [0, 0.05) is 12.0 Å². The van der Waals surface area contributed by atoms with E-state index in [-0.39, 0.29) is 0 Å². The Hall–Kier alpha value is -0.0100. The molecule has 0 N–H and O–H groups in total. The van der Waals surface area contributed by atoms with Gasteiger partial charge < -0.3 is 0 Å². The number of allylic oxidation sites excluding steroid dienone is 2. The predicted molar refractivity (Wildman–Crippen MR) is 42.8 cm³/mol. The van der Waals surface area contributed by atoms with E-state index < -0.39 is 0 Å². The van der Waals surface area contributed by atoms with Gasteiger partial charge in [0.1, 0.15) is 14.1 Å². The number of hydrogen-bond donors (Lipinski definition) is 0. The van der Waals surface area contributed by atoms with E-state index in [0.717, 1.165) is 0 Å². The number of rotatable bonds is 2. The SMILES string of the molecule is C[N+](C)=C(Cl)C=CCCl. The second-order valence-electron chi connectivity index (χ2n) is 1.77. The molecule has 0 aliphatic carbocycles. The van der Waals surface area contributed by atoms with E-state index in [9.17, 15) is 0 Å². The lowest BCUT2D eigenvalue weighted by Crippen LogP contribution is -2.03. The summed E-state index contributed by atoms with van der Waals surface area (Å²) in [5.41, 5.74) is 0. The zero-order chi connectivity index (χ0) is 7.28. The van der Waals surface area contributed by atoms with Crippen LogP contribution < -0.4 is 0 Å². The van der Waals surface area contributed by atoms with E-state index >= 15 is 0 Å². The molecule has 0 atom stereocenters. The Bertz CT molecular complexity index is 134. The fourth-order valence-electron chi connectivity index (χ4n) is 0.291. The van der Waals surface area contributed by atoms with Crippen LogP contribution in [0, 0.1) is 0 Å². The van der Waals surface area contributed by atoms with E-state index in [1.54, 1.807) is 12.2 Å². The van der Waals surface area contributed by atoms with Crippen molar-refractivity contribution in [3.05, 3.63) is 12.2 Å². The Labute approximate surface area is 65.6 Å². The molecule has 0 amide bonds. The van der Waals surface area contributed by atoms with Crippen LogP contribution in [0.4, 0.5) is 0 Å². The highest BCUT2D eigenvalue weighted by molar-refractivity contribution is 6.66. The monoisotopic (exact) mass is 166 g/mol. The highest BCUT2D eigenvalue weighted by Crippen LogP contribution is 1.87. The van der Waals surface area contributed by atoms with Crippen LogP contribution in [-0.4, -0.2) is 29.7 Å². The summed E-state index contributed by atoms with van der Waals surface area (Å²) in [6, 6.07) is 0. The molecule has 0 bridgehead atoms. The minimum atomic E-state index is 0.504. The maximum atomic E-state index is 5.69. The molecule has 0 aliphatic heterocycles. The van der Waals surface area contributed by atoms with Gasteiger partial charge in [-0.15, -0.1) is 11.6 Å². The molecule has 0 aromatic carbocycles. The Balaban J connectivity index is 3.91. The van der Waals surface area contributed by atoms with E-state index in [1.807, 2.05) is 18.7 Å². The zero-order valence-corrected chi connectivity index (χ0v) is 7.08. The van der Waals surface area contributed by atoms with Crippen LogP contribution in [-0.2, 0) is 0 Å². The topological polar surface area (TPSA) is 3.01 Å². The Kier molecular flexibility index (Phi) is 4.83. The van der Waals surface area contributed by atoms with Crippen LogP contribution in [0.3, 0.4) is 0 Å². The van der Waals surface area contributed by atoms with Crippen molar-refractivity contribution in [2.75, 3.05) is 20.0 Å². The minimum absolute atomic E-state index is 0.504. The standard InChI is InChI=1S/C6H10Cl2N/c1-9(2)6(8)4-3-5-7/h3-4H,5H2,1-2H3/q+1. The fourth-order valence-corrected chi connectivity index (χ4v) is 0.469. The molecule has 9 heavy (non-hydrogen) atoms. The molecule has 0 spiro atoms. The van der Waals surface area contributed by atoms with Crippen molar-refractivity contribution in [1.82, 2.24) is 0 Å². The summed E-state index contributed by atoms with van der Waals surface area (Å²) in [4.78, 5) is 0. The van der Waals surface area contributed by atoms with Crippen molar-refractivity contribution in [3.63, 3.8) is 0 Å². The van der Waals surface area contributed by atoms with Gasteiger partial charge in [0.05, 0.1) is 0 Å². The molecule has 0 aromatic rings. The predicted octanol–water partition coefficient (Wildman–Crippen LogP) is 1.69. The Morgan fingerprint density at radius 3 is 2.44 bits per heavy atom. The summed E-state index contributed by atoms with van der Waals surface area (Å²) in [7, 11) is 3.75. The Morgan fingerprint density at radius 1 is 1.56 bits per heavy atom. The number of hydrogen-bond acceptors (Lipinski definition) is 0. The second kappa shape index (κ2) is 4.83. The molecular weight excluding hydrogens is 157 g/mol. The highest BCUT2D eigenvalue weighted by atomic mass is 35.5. The van der Waals surface area contributed by atoms with Crippen LogP contribution in [0.25, 0.3) is 0 Å². The molecule has 1 nitrogen and oxygen atoms in total. The van der Waals surface area contributed by atoms with E-state index in [2.05, 4.69) is 0 Å². The van der Waals surface area contributed by atoms with Crippen LogP contribution in [0.5, 0.6) is 0 Å². The summed E-state index contributed by atoms with van der Waals surface area (Å²) in [5, 5.41) is 0.690. The molecule has 0 radical (unpaired) electrons. The lowest BCUT2D eigenvalue weighted by Gasteiger charge is -1.84. The van der Waals surface area contributed by atoms with Crippen LogP contribution >= 0.6 is 23.2 Å². The molecule has 0 rings (SSSR count). The number of halogens is 2. The fraction of sp³-hybridized carbons (Fsp3) is 0.500. The smallest absolute Gasteiger partial charge is 0.225 e. The minimum Gasteiger partial charge on any atom is -0.225 e. The third-order valence-electron chi connectivity index (χ3n) is 0.772. The number of alkyl halides is 1. The molecule has 52 valence electrons. The maximum Gasteiger partial charge on any atom is 0.268 e. The van der Waals surface area contributed by atoms with Crippen LogP contribution in [0.1, 0.15) is 0 Å².